The number of ether oxygens (including phenoxy) is 1. The Labute approximate surface area is 197 Å². The van der Waals surface area contributed by atoms with E-state index in [4.69, 9.17) is 4.74 Å². The van der Waals surface area contributed by atoms with Gasteiger partial charge >= 0.3 is 0 Å². The van der Waals surface area contributed by atoms with Crippen LogP contribution in [0, 0.1) is 0 Å². The van der Waals surface area contributed by atoms with Crippen LogP contribution in [0.2, 0.25) is 0 Å². The highest BCUT2D eigenvalue weighted by Crippen LogP contribution is 2.40. The summed E-state index contributed by atoms with van der Waals surface area (Å²) in [4.78, 5) is 29.9. The van der Waals surface area contributed by atoms with Crippen molar-refractivity contribution in [3.05, 3.63) is 74.2 Å². The number of Topliss-reactive ketones (excluding diaryl/α,β-unsaturated/α-hetero) is 1. The zero-order valence-electron chi connectivity index (χ0n) is 16.8. The zero-order chi connectivity index (χ0) is 22.0. The number of carbonyl (C=O) groups excluding carboxylic acids is 2. The standard InChI is InChI=1S/C23H22Br2N2O4/c24-17-6-4-15(5-7-17)21(28)19-20(16-2-1-3-18(25)14-16)27(23(30)22(19)29)9-8-26-10-12-31-13-11-26/h1-7,14,20,28H,8-13H2/b21-19+. The van der Waals surface area contributed by atoms with Gasteiger partial charge in [-0.3, -0.25) is 14.5 Å². The lowest BCUT2D eigenvalue weighted by molar-refractivity contribution is -0.140. The minimum Gasteiger partial charge on any atom is -0.507 e. The molecule has 1 N–H and O–H groups in total. The first-order chi connectivity index (χ1) is 15.0. The van der Waals surface area contributed by atoms with Crippen LogP contribution in [0.1, 0.15) is 17.2 Å². The van der Waals surface area contributed by atoms with Gasteiger partial charge in [0.25, 0.3) is 11.7 Å². The lowest BCUT2D eigenvalue weighted by Crippen LogP contribution is -2.42. The number of ketones is 1. The van der Waals surface area contributed by atoms with Crippen molar-refractivity contribution < 1.29 is 19.4 Å². The van der Waals surface area contributed by atoms with E-state index in [2.05, 4.69) is 36.8 Å². The Morgan fingerprint density at radius 3 is 2.39 bits per heavy atom. The number of carbonyl (C=O) groups is 2. The lowest BCUT2D eigenvalue weighted by atomic mass is 9.95. The molecule has 6 nitrogen and oxygen atoms in total. The van der Waals surface area contributed by atoms with Crippen molar-refractivity contribution in [1.29, 1.82) is 0 Å². The van der Waals surface area contributed by atoms with Crippen LogP contribution in [0.4, 0.5) is 0 Å². The van der Waals surface area contributed by atoms with Crippen LogP contribution >= 0.6 is 31.9 Å². The summed E-state index contributed by atoms with van der Waals surface area (Å²) in [5.41, 5.74) is 1.39. The van der Waals surface area contributed by atoms with E-state index in [-0.39, 0.29) is 11.3 Å². The van der Waals surface area contributed by atoms with Crippen molar-refractivity contribution >= 4 is 49.3 Å². The van der Waals surface area contributed by atoms with Crippen LogP contribution in [0.3, 0.4) is 0 Å². The molecule has 1 atom stereocenters. The summed E-state index contributed by atoms with van der Waals surface area (Å²) in [5, 5.41) is 11.1. The Balaban J connectivity index is 1.73. The maximum absolute atomic E-state index is 13.1. The first kappa shape index (κ1) is 22.2. The highest BCUT2D eigenvalue weighted by atomic mass is 79.9. The molecular weight excluding hydrogens is 528 g/mol. The van der Waals surface area contributed by atoms with Gasteiger partial charge in [0.2, 0.25) is 0 Å². The van der Waals surface area contributed by atoms with Gasteiger partial charge in [0, 0.05) is 40.7 Å². The van der Waals surface area contributed by atoms with Gasteiger partial charge in [0.05, 0.1) is 24.8 Å². The first-order valence-corrected chi connectivity index (χ1v) is 11.6. The highest BCUT2D eigenvalue weighted by Gasteiger charge is 2.46. The van der Waals surface area contributed by atoms with Crippen LogP contribution in [-0.2, 0) is 14.3 Å². The third kappa shape index (κ3) is 4.77. The zero-order valence-corrected chi connectivity index (χ0v) is 19.9. The van der Waals surface area contributed by atoms with Gasteiger partial charge in [-0.15, -0.1) is 0 Å². The highest BCUT2D eigenvalue weighted by molar-refractivity contribution is 9.10. The van der Waals surface area contributed by atoms with Crippen molar-refractivity contribution in [3.63, 3.8) is 0 Å². The summed E-state index contributed by atoms with van der Waals surface area (Å²) in [6.45, 7) is 3.95. The summed E-state index contributed by atoms with van der Waals surface area (Å²) in [5.74, 6) is -1.41. The van der Waals surface area contributed by atoms with Gasteiger partial charge in [0.15, 0.2) is 0 Å². The lowest BCUT2D eigenvalue weighted by Gasteiger charge is -2.31. The molecule has 162 valence electrons. The normalized spacial score (nSPS) is 21.6. The molecule has 2 aliphatic rings. The third-order valence-electron chi connectivity index (χ3n) is 5.58. The summed E-state index contributed by atoms with van der Waals surface area (Å²) < 4.78 is 7.09. The van der Waals surface area contributed by atoms with Gasteiger partial charge in [-0.2, -0.15) is 0 Å². The Hall–Kier alpha value is -2.00. The quantitative estimate of drug-likeness (QED) is 0.347. The van der Waals surface area contributed by atoms with Gasteiger partial charge in [-0.05, 0) is 29.8 Å². The fourth-order valence-electron chi connectivity index (χ4n) is 3.97. The van der Waals surface area contributed by atoms with Gasteiger partial charge in [-0.1, -0.05) is 56.1 Å². The minimum absolute atomic E-state index is 0.118. The summed E-state index contributed by atoms with van der Waals surface area (Å²) >= 11 is 6.85. The molecule has 1 unspecified atom stereocenters. The molecule has 2 aromatic carbocycles. The van der Waals surface area contributed by atoms with Gasteiger partial charge < -0.3 is 14.7 Å². The average molecular weight is 550 g/mol. The second-order valence-electron chi connectivity index (χ2n) is 7.51. The Morgan fingerprint density at radius 2 is 1.71 bits per heavy atom. The number of benzene rings is 2. The summed E-state index contributed by atoms with van der Waals surface area (Å²) in [6, 6.07) is 13.9. The third-order valence-corrected chi connectivity index (χ3v) is 6.60. The number of rotatable bonds is 5. The predicted molar refractivity (Wildman–Crippen MR) is 125 cm³/mol. The van der Waals surface area contributed by atoms with E-state index in [1.807, 2.05) is 24.3 Å². The Morgan fingerprint density at radius 1 is 1.00 bits per heavy atom. The predicted octanol–water partition coefficient (Wildman–Crippen LogP) is 3.97. The van der Waals surface area contributed by atoms with Crippen LogP contribution in [0.5, 0.6) is 0 Å². The molecule has 0 spiro atoms. The molecule has 2 aliphatic heterocycles. The smallest absolute Gasteiger partial charge is 0.295 e. The average Bonchev–Trinajstić information content (AvgIpc) is 3.03. The van der Waals surface area contributed by atoms with E-state index in [9.17, 15) is 14.7 Å². The van der Waals surface area contributed by atoms with Crippen molar-refractivity contribution in [3.8, 4) is 0 Å². The maximum atomic E-state index is 13.1. The van der Waals surface area contributed by atoms with E-state index < -0.39 is 17.7 Å². The molecule has 4 rings (SSSR count). The summed E-state index contributed by atoms with van der Waals surface area (Å²) in [6.07, 6.45) is 0. The SMILES string of the molecule is O=C1C(=O)N(CCN2CCOCC2)C(c2cccc(Br)c2)/C1=C(\O)c1ccc(Br)cc1. The van der Waals surface area contributed by atoms with Crippen LogP contribution < -0.4 is 0 Å². The van der Waals surface area contributed by atoms with E-state index in [0.29, 0.717) is 31.9 Å². The Kier molecular flexibility index (Phi) is 6.91. The van der Waals surface area contributed by atoms with Crippen molar-refractivity contribution in [2.45, 2.75) is 6.04 Å². The van der Waals surface area contributed by atoms with E-state index in [0.717, 1.165) is 27.6 Å². The number of aliphatic hydroxyl groups is 1. The fraction of sp³-hybridized carbons (Fsp3) is 0.304. The summed E-state index contributed by atoms with van der Waals surface area (Å²) in [7, 11) is 0. The van der Waals surface area contributed by atoms with E-state index >= 15 is 0 Å². The largest absolute Gasteiger partial charge is 0.507 e. The number of likely N-dealkylation sites (tertiary alicyclic amines) is 1. The number of halogens is 2. The molecule has 1 amide bonds. The molecule has 31 heavy (non-hydrogen) atoms. The molecule has 0 aliphatic carbocycles. The fourth-order valence-corrected chi connectivity index (χ4v) is 4.65. The molecular formula is C23H22Br2N2O4. The van der Waals surface area contributed by atoms with E-state index in [1.54, 1.807) is 29.2 Å². The van der Waals surface area contributed by atoms with Crippen LogP contribution in [0.25, 0.3) is 5.76 Å². The number of nitrogens with zero attached hydrogens (tertiary/aromatic N) is 2. The van der Waals surface area contributed by atoms with Crippen LogP contribution in [-0.4, -0.2) is 66.0 Å². The molecule has 0 radical (unpaired) electrons. The molecule has 2 aromatic rings. The topological polar surface area (TPSA) is 70.1 Å². The minimum atomic E-state index is -0.660. The molecule has 2 fully saturated rings. The van der Waals surface area contributed by atoms with Crippen molar-refractivity contribution in [2.24, 2.45) is 0 Å². The second kappa shape index (κ2) is 9.65. The molecule has 0 aromatic heterocycles. The number of amides is 1. The molecule has 2 saturated heterocycles. The number of hydrogen-bond donors (Lipinski definition) is 1. The van der Waals surface area contributed by atoms with Crippen LogP contribution in [0.15, 0.2) is 63.0 Å². The van der Waals surface area contributed by atoms with E-state index in [1.165, 1.54) is 0 Å². The van der Waals surface area contributed by atoms with Crippen molar-refractivity contribution in [1.82, 2.24) is 9.80 Å². The first-order valence-electron chi connectivity index (χ1n) is 10.1. The van der Waals surface area contributed by atoms with Gasteiger partial charge in [0.1, 0.15) is 5.76 Å². The molecule has 0 bridgehead atoms. The second-order valence-corrected chi connectivity index (χ2v) is 9.34. The van der Waals surface area contributed by atoms with Gasteiger partial charge in [-0.25, -0.2) is 0 Å². The molecule has 8 heteroatoms. The maximum Gasteiger partial charge on any atom is 0.295 e. The molecule has 0 saturated carbocycles. The monoisotopic (exact) mass is 548 g/mol. The number of aliphatic hydroxyl groups excluding tert-OH is 1. The van der Waals surface area contributed by atoms with Crippen molar-refractivity contribution in [2.75, 3.05) is 39.4 Å². The number of hydrogen-bond acceptors (Lipinski definition) is 5. The Bertz CT molecular complexity index is 1020. The molecule has 2 heterocycles. The number of morpholine rings is 1.